The molecule has 3 atom stereocenters. The molecule has 2 aliphatic rings. The van der Waals surface area contributed by atoms with Crippen molar-refractivity contribution < 1.29 is 9.72 Å². The summed E-state index contributed by atoms with van der Waals surface area (Å²) >= 11 is 5.96. The summed E-state index contributed by atoms with van der Waals surface area (Å²) in [5.74, 6) is 0.470. The summed E-state index contributed by atoms with van der Waals surface area (Å²) in [5.41, 5.74) is 3.54. The van der Waals surface area contributed by atoms with Crippen molar-refractivity contribution in [2.24, 2.45) is 5.92 Å². The molecule has 0 bridgehead atoms. The van der Waals surface area contributed by atoms with E-state index in [1.54, 1.807) is 19.1 Å². The van der Waals surface area contributed by atoms with E-state index in [4.69, 9.17) is 11.6 Å². The van der Waals surface area contributed by atoms with Crippen molar-refractivity contribution in [2.45, 2.75) is 25.3 Å². The zero-order valence-corrected chi connectivity index (χ0v) is 14.9. The summed E-state index contributed by atoms with van der Waals surface area (Å²) in [7, 11) is 0. The second-order valence-electron chi connectivity index (χ2n) is 6.80. The van der Waals surface area contributed by atoms with Crippen molar-refractivity contribution in [3.63, 3.8) is 0 Å². The van der Waals surface area contributed by atoms with E-state index in [9.17, 15) is 14.9 Å². The van der Waals surface area contributed by atoms with Crippen molar-refractivity contribution in [1.82, 2.24) is 0 Å². The number of nitro benzene ring substituents is 1. The third-order valence-electron chi connectivity index (χ3n) is 5.30. The molecule has 2 aromatic rings. The van der Waals surface area contributed by atoms with E-state index >= 15 is 0 Å². The number of allylic oxidation sites excluding steroid dienone is 2. The van der Waals surface area contributed by atoms with E-state index in [0.29, 0.717) is 5.56 Å². The first-order chi connectivity index (χ1) is 12.5. The molecule has 0 saturated heterocycles. The van der Waals surface area contributed by atoms with Crippen LogP contribution < -0.4 is 5.32 Å². The lowest BCUT2D eigenvalue weighted by molar-refractivity contribution is -0.384. The standard InChI is InChI=1S/C20H17ClN2O3/c1-11(24)12-6-8-18-16(9-12)14-3-2-4-15(14)20(22-18)13-5-7-17(21)19(10-13)23(25)26/h2-3,5-10,14-15,20,22H,4H2,1H3/t14-,15-,20+/m1/s1. The van der Waals surface area contributed by atoms with Gasteiger partial charge in [0.05, 0.1) is 11.0 Å². The fourth-order valence-corrected chi connectivity index (χ4v) is 4.19. The molecule has 6 heteroatoms. The Labute approximate surface area is 155 Å². The quantitative estimate of drug-likeness (QED) is 0.346. The van der Waals surface area contributed by atoms with Crippen molar-refractivity contribution in [3.8, 4) is 0 Å². The summed E-state index contributed by atoms with van der Waals surface area (Å²) < 4.78 is 0. The molecule has 0 unspecified atom stereocenters. The van der Waals surface area contributed by atoms with Gasteiger partial charge in [-0.05, 0) is 54.7 Å². The molecule has 1 N–H and O–H groups in total. The Morgan fingerprint density at radius 2 is 2.08 bits per heavy atom. The molecule has 0 spiro atoms. The van der Waals surface area contributed by atoms with E-state index in [-0.39, 0.29) is 34.4 Å². The summed E-state index contributed by atoms with van der Waals surface area (Å²) in [6, 6.07) is 10.6. The van der Waals surface area contributed by atoms with Gasteiger partial charge in [0, 0.05) is 23.2 Å². The topological polar surface area (TPSA) is 72.2 Å². The smallest absolute Gasteiger partial charge is 0.288 e. The Kier molecular flexibility index (Phi) is 4.04. The second kappa shape index (κ2) is 6.25. The van der Waals surface area contributed by atoms with Gasteiger partial charge in [0.15, 0.2) is 5.78 Å². The van der Waals surface area contributed by atoms with Crippen LogP contribution in [0.5, 0.6) is 0 Å². The van der Waals surface area contributed by atoms with E-state index in [1.165, 1.54) is 0 Å². The first-order valence-electron chi connectivity index (χ1n) is 8.47. The number of fused-ring (bicyclic) bond motifs is 3. The lowest BCUT2D eigenvalue weighted by Crippen LogP contribution is -2.29. The van der Waals surface area contributed by atoms with Gasteiger partial charge < -0.3 is 5.32 Å². The third-order valence-corrected chi connectivity index (χ3v) is 5.61. The van der Waals surface area contributed by atoms with E-state index in [0.717, 1.165) is 23.2 Å². The number of nitro groups is 1. The number of anilines is 1. The number of rotatable bonds is 3. The number of benzene rings is 2. The van der Waals surface area contributed by atoms with Crippen LogP contribution in [0.4, 0.5) is 11.4 Å². The van der Waals surface area contributed by atoms with Gasteiger partial charge in [0.25, 0.3) is 5.69 Å². The predicted octanol–water partition coefficient (Wildman–Crippen LogP) is 5.28. The van der Waals surface area contributed by atoms with Crippen molar-refractivity contribution in [1.29, 1.82) is 0 Å². The lowest BCUT2D eigenvalue weighted by atomic mass is 9.76. The van der Waals surface area contributed by atoms with Gasteiger partial charge >= 0.3 is 0 Å². The molecule has 0 fully saturated rings. The molecule has 0 radical (unpaired) electrons. The first-order valence-corrected chi connectivity index (χ1v) is 8.85. The number of ketones is 1. The molecule has 1 heterocycles. The minimum Gasteiger partial charge on any atom is -0.378 e. The summed E-state index contributed by atoms with van der Waals surface area (Å²) in [5, 5.41) is 14.9. The maximum Gasteiger partial charge on any atom is 0.288 e. The van der Waals surface area contributed by atoms with Gasteiger partial charge in [0.1, 0.15) is 5.02 Å². The minimum absolute atomic E-state index is 0.0433. The Bertz CT molecular complexity index is 954. The molecule has 0 amide bonds. The van der Waals surface area contributed by atoms with Crippen molar-refractivity contribution in [2.75, 3.05) is 5.32 Å². The highest BCUT2D eigenvalue weighted by molar-refractivity contribution is 6.32. The number of nitrogens with zero attached hydrogens (tertiary/aromatic N) is 1. The van der Waals surface area contributed by atoms with Crippen LogP contribution in [0.15, 0.2) is 48.6 Å². The maximum atomic E-state index is 11.7. The highest BCUT2D eigenvalue weighted by Crippen LogP contribution is 2.50. The van der Waals surface area contributed by atoms with Crippen LogP contribution in [0.25, 0.3) is 0 Å². The first kappa shape index (κ1) is 16.8. The number of hydrogen-bond acceptors (Lipinski definition) is 4. The summed E-state index contributed by atoms with van der Waals surface area (Å²) in [4.78, 5) is 22.5. The summed E-state index contributed by atoms with van der Waals surface area (Å²) in [6.45, 7) is 1.57. The van der Waals surface area contributed by atoms with E-state index in [2.05, 4.69) is 17.5 Å². The Hall–Kier alpha value is -2.66. The van der Waals surface area contributed by atoms with Crippen LogP contribution in [0.2, 0.25) is 5.02 Å². The molecule has 26 heavy (non-hydrogen) atoms. The number of halogens is 1. The maximum absolute atomic E-state index is 11.7. The predicted molar refractivity (Wildman–Crippen MR) is 101 cm³/mol. The van der Waals surface area contributed by atoms with Gasteiger partial charge in [-0.25, -0.2) is 0 Å². The molecule has 0 aromatic heterocycles. The SMILES string of the molecule is CC(=O)c1ccc2c(c1)[C@@H]1C=CC[C@H]1[C@H](c1ccc(Cl)c([N+](=O)[O-])c1)N2. The van der Waals surface area contributed by atoms with Gasteiger partial charge in [0.2, 0.25) is 0 Å². The van der Waals surface area contributed by atoms with Crippen LogP contribution in [0.1, 0.15) is 46.8 Å². The zero-order valence-electron chi connectivity index (χ0n) is 14.1. The van der Waals surface area contributed by atoms with Gasteiger partial charge in [-0.3, -0.25) is 14.9 Å². The Morgan fingerprint density at radius 3 is 2.81 bits per heavy atom. The average molecular weight is 369 g/mol. The monoisotopic (exact) mass is 368 g/mol. The van der Waals surface area contributed by atoms with Crippen LogP contribution in [0.3, 0.4) is 0 Å². The number of carbonyl (C=O) groups excluding carboxylic acids is 1. The molecule has 1 aliphatic carbocycles. The number of nitrogens with one attached hydrogen (secondary N) is 1. The van der Waals surface area contributed by atoms with Gasteiger partial charge in [-0.1, -0.05) is 29.8 Å². The van der Waals surface area contributed by atoms with Gasteiger partial charge in [-0.15, -0.1) is 0 Å². The normalized spacial score (nSPS) is 23.1. The van der Waals surface area contributed by atoms with E-state index < -0.39 is 4.92 Å². The molecular weight excluding hydrogens is 352 g/mol. The van der Waals surface area contributed by atoms with Crippen LogP contribution in [0, 0.1) is 16.0 Å². The molecule has 2 aromatic carbocycles. The Balaban J connectivity index is 1.78. The number of hydrogen-bond donors (Lipinski definition) is 1. The van der Waals surface area contributed by atoms with Gasteiger partial charge in [-0.2, -0.15) is 0 Å². The van der Waals surface area contributed by atoms with Crippen molar-refractivity contribution in [3.05, 3.63) is 80.4 Å². The molecule has 5 nitrogen and oxygen atoms in total. The molecule has 1 aliphatic heterocycles. The zero-order chi connectivity index (χ0) is 18.4. The van der Waals surface area contributed by atoms with Crippen LogP contribution >= 0.6 is 11.6 Å². The molecule has 4 rings (SSSR count). The number of carbonyl (C=O) groups is 1. The fourth-order valence-electron chi connectivity index (χ4n) is 4.01. The highest BCUT2D eigenvalue weighted by Gasteiger charge is 2.38. The Morgan fingerprint density at radius 1 is 1.27 bits per heavy atom. The molecule has 132 valence electrons. The van der Waals surface area contributed by atoms with Crippen LogP contribution in [-0.2, 0) is 0 Å². The molecular formula is C20H17ClN2O3. The largest absolute Gasteiger partial charge is 0.378 e. The average Bonchev–Trinajstić information content (AvgIpc) is 3.11. The lowest BCUT2D eigenvalue weighted by Gasteiger charge is -2.37. The third kappa shape index (κ3) is 2.69. The van der Waals surface area contributed by atoms with Crippen LogP contribution in [-0.4, -0.2) is 10.7 Å². The number of Topliss-reactive ketones (excluding diaryl/α,β-unsaturated/α-hetero) is 1. The van der Waals surface area contributed by atoms with E-state index in [1.807, 2.05) is 24.3 Å². The van der Waals surface area contributed by atoms with Crippen molar-refractivity contribution >= 4 is 28.8 Å². The second-order valence-corrected chi connectivity index (χ2v) is 7.21. The fraction of sp³-hybridized carbons (Fsp3) is 0.250. The minimum atomic E-state index is -0.452. The molecule has 0 saturated carbocycles. The highest BCUT2D eigenvalue weighted by atomic mass is 35.5. The summed E-state index contributed by atoms with van der Waals surface area (Å²) in [6.07, 6.45) is 5.19.